The predicted molar refractivity (Wildman–Crippen MR) is 117 cm³/mol. The van der Waals surface area contributed by atoms with Crippen molar-refractivity contribution < 1.29 is 9.53 Å². The zero-order valence-electron chi connectivity index (χ0n) is 17.4. The number of ketones is 1. The van der Waals surface area contributed by atoms with Crippen LogP contribution in [0.2, 0.25) is 0 Å². The lowest BCUT2D eigenvalue weighted by molar-refractivity contribution is -0.112. The van der Waals surface area contributed by atoms with Gasteiger partial charge in [-0.15, -0.1) is 5.10 Å². The summed E-state index contributed by atoms with van der Waals surface area (Å²) < 4.78 is 6.80. The number of hydrogen-bond donors (Lipinski definition) is 0. The molecule has 0 amide bonds. The fraction of sp³-hybridized carbons (Fsp3) is 0.273. The van der Waals surface area contributed by atoms with Crippen LogP contribution in [0.15, 0.2) is 65.5 Å². The zero-order valence-corrected chi connectivity index (χ0v) is 18.2. The molecule has 3 aromatic rings. The Balaban J connectivity index is 1.49. The first-order valence-corrected chi connectivity index (χ1v) is 10.5. The minimum atomic E-state index is -0.226. The second kappa shape index (κ2) is 7.95. The minimum Gasteiger partial charge on any atom is -0.497 e. The predicted octanol–water partition coefficient (Wildman–Crippen LogP) is 3.64. The lowest BCUT2D eigenvalue weighted by Gasteiger charge is -2.23. The highest BCUT2D eigenvalue weighted by Crippen LogP contribution is 2.46. The van der Waals surface area contributed by atoms with Crippen molar-refractivity contribution in [1.82, 2.24) is 20.2 Å². The van der Waals surface area contributed by atoms with E-state index in [0.29, 0.717) is 5.16 Å². The average molecular weight is 422 g/mol. The molecule has 0 bridgehead atoms. The van der Waals surface area contributed by atoms with Gasteiger partial charge in [-0.05, 0) is 46.3 Å². The second-order valence-corrected chi connectivity index (χ2v) is 8.50. The summed E-state index contributed by atoms with van der Waals surface area (Å²) >= 11 is 1.32. The Hall–Kier alpha value is -3.13. The first-order chi connectivity index (χ1) is 14.4. The van der Waals surface area contributed by atoms with Crippen LogP contribution in [-0.2, 0) is 10.2 Å². The molecule has 0 unspecified atom stereocenters. The van der Waals surface area contributed by atoms with Gasteiger partial charge in [0.2, 0.25) is 5.16 Å². The van der Waals surface area contributed by atoms with Gasteiger partial charge in [0.1, 0.15) is 5.75 Å². The molecular weight excluding hydrogens is 398 g/mol. The molecule has 30 heavy (non-hydrogen) atoms. The van der Waals surface area contributed by atoms with Gasteiger partial charge in [-0.2, -0.15) is 4.68 Å². The van der Waals surface area contributed by atoms with Gasteiger partial charge in [-0.25, -0.2) is 0 Å². The maximum Gasteiger partial charge on any atom is 0.214 e. The van der Waals surface area contributed by atoms with E-state index in [4.69, 9.17) is 4.74 Å². The summed E-state index contributed by atoms with van der Waals surface area (Å²) in [5, 5.41) is 12.4. The van der Waals surface area contributed by atoms with Crippen LogP contribution in [0.1, 0.15) is 19.4 Å². The maximum absolute atomic E-state index is 12.8. The monoisotopic (exact) mass is 421 g/mol. The molecule has 1 aliphatic heterocycles. The lowest BCUT2D eigenvalue weighted by Crippen LogP contribution is -2.24. The van der Waals surface area contributed by atoms with E-state index in [1.807, 2.05) is 43.4 Å². The van der Waals surface area contributed by atoms with Crippen LogP contribution in [-0.4, -0.2) is 45.9 Å². The van der Waals surface area contributed by atoms with Crippen molar-refractivity contribution in [1.29, 1.82) is 0 Å². The molecule has 8 heteroatoms. The third kappa shape index (κ3) is 3.59. The van der Waals surface area contributed by atoms with Crippen LogP contribution < -0.4 is 9.64 Å². The third-order valence-electron chi connectivity index (χ3n) is 5.34. The highest BCUT2D eigenvalue weighted by atomic mass is 32.2. The van der Waals surface area contributed by atoms with Crippen LogP contribution in [0.5, 0.6) is 5.75 Å². The van der Waals surface area contributed by atoms with Gasteiger partial charge < -0.3 is 9.64 Å². The lowest BCUT2D eigenvalue weighted by atomic mass is 9.83. The number of nitrogens with zero attached hydrogens (tertiary/aromatic N) is 5. The van der Waals surface area contributed by atoms with Gasteiger partial charge in [0, 0.05) is 29.9 Å². The summed E-state index contributed by atoms with van der Waals surface area (Å²) in [6.45, 7) is 4.29. The second-order valence-electron chi connectivity index (χ2n) is 7.56. The molecule has 2 aromatic carbocycles. The Morgan fingerprint density at radius 3 is 2.60 bits per heavy atom. The summed E-state index contributed by atoms with van der Waals surface area (Å²) in [6.07, 6.45) is 1.74. The summed E-state index contributed by atoms with van der Waals surface area (Å²) in [5.41, 5.74) is 3.93. The van der Waals surface area contributed by atoms with Crippen molar-refractivity contribution in [2.75, 3.05) is 24.8 Å². The van der Waals surface area contributed by atoms with Crippen molar-refractivity contribution in [3.05, 3.63) is 65.9 Å². The van der Waals surface area contributed by atoms with Crippen LogP contribution in [0.25, 0.3) is 5.69 Å². The highest BCUT2D eigenvalue weighted by Gasteiger charge is 2.38. The van der Waals surface area contributed by atoms with Gasteiger partial charge >= 0.3 is 0 Å². The number of hydrogen-bond acceptors (Lipinski definition) is 7. The summed E-state index contributed by atoms with van der Waals surface area (Å²) in [5.74, 6) is 1.03. The van der Waals surface area contributed by atoms with E-state index >= 15 is 0 Å². The molecule has 7 nitrogen and oxygen atoms in total. The number of rotatable bonds is 6. The third-order valence-corrected chi connectivity index (χ3v) is 6.28. The molecule has 0 fully saturated rings. The molecule has 0 saturated carbocycles. The number of benzene rings is 2. The standard InChI is InChI=1S/C22H23N5O2S/c1-22(2)18-7-5-6-8-19(18)26(3)20(22)13-16(28)14-30-21-23-24-25-27(21)15-9-11-17(29-4)12-10-15/h5-13H,14H2,1-4H3. The molecule has 0 radical (unpaired) electrons. The van der Waals surface area contributed by atoms with Crippen molar-refractivity contribution in [2.24, 2.45) is 0 Å². The highest BCUT2D eigenvalue weighted by molar-refractivity contribution is 7.99. The fourth-order valence-corrected chi connectivity index (χ4v) is 4.46. The van der Waals surface area contributed by atoms with E-state index in [1.165, 1.54) is 17.3 Å². The molecule has 0 saturated heterocycles. The Morgan fingerprint density at radius 1 is 1.17 bits per heavy atom. The van der Waals surface area contributed by atoms with Gasteiger partial charge in [-0.1, -0.05) is 43.8 Å². The van der Waals surface area contributed by atoms with Crippen molar-refractivity contribution in [3.8, 4) is 11.4 Å². The number of carbonyl (C=O) groups excluding carboxylic acids is 1. The number of methoxy groups -OCH3 is 1. The number of fused-ring (bicyclic) bond motifs is 1. The van der Waals surface area contributed by atoms with Crippen molar-refractivity contribution >= 4 is 23.2 Å². The number of tetrazole rings is 1. The molecule has 2 heterocycles. The number of carbonyl (C=O) groups is 1. The van der Waals surface area contributed by atoms with E-state index in [-0.39, 0.29) is 17.0 Å². The Morgan fingerprint density at radius 2 is 1.90 bits per heavy atom. The quantitative estimate of drug-likeness (QED) is 0.444. The number of allylic oxidation sites excluding steroid dienone is 2. The number of aromatic nitrogens is 4. The molecule has 0 spiro atoms. The molecule has 154 valence electrons. The molecule has 4 rings (SSSR count). The van der Waals surface area contributed by atoms with E-state index in [1.54, 1.807) is 17.9 Å². The Labute approximate surface area is 179 Å². The summed E-state index contributed by atoms with van der Waals surface area (Å²) in [7, 11) is 3.62. The van der Waals surface area contributed by atoms with Gasteiger partial charge in [0.05, 0.1) is 18.6 Å². The van der Waals surface area contributed by atoms with E-state index in [2.05, 4.69) is 46.4 Å². The first kappa shape index (κ1) is 20.2. The molecule has 0 atom stereocenters. The normalized spacial score (nSPS) is 16.0. The topological polar surface area (TPSA) is 73.1 Å². The van der Waals surface area contributed by atoms with Crippen LogP contribution in [0.4, 0.5) is 5.69 Å². The van der Waals surface area contributed by atoms with Gasteiger partial charge in [0.15, 0.2) is 5.78 Å². The van der Waals surface area contributed by atoms with Crippen LogP contribution in [0.3, 0.4) is 0 Å². The van der Waals surface area contributed by atoms with Crippen molar-refractivity contribution in [2.45, 2.75) is 24.4 Å². The zero-order chi connectivity index (χ0) is 21.3. The molecular formula is C22H23N5O2S. The number of thioether (sulfide) groups is 1. The summed E-state index contributed by atoms with van der Waals surface area (Å²) in [4.78, 5) is 14.9. The maximum atomic E-state index is 12.8. The van der Waals surface area contributed by atoms with Crippen LogP contribution in [0, 0.1) is 0 Å². The minimum absolute atomic E-state index is 0.0204. The van der Waals surface area contributed by atoms with Crippen molar-refractivity contribution in [3.63, 3.8) is 0 Å². The number of ether oxygens (including phenoxy) is 1. The van der Waals surface area contributed by atoms with Crippen LogP contribution >= 0.6 is 11.8 Å². The fourth-order valence-electron chi connectivity index (χ4n) is 3.74. The average Bonchev–Trinajstić information content (AvgIpc) is 3.30. The summed E-state index contributed by atoms with van der Waals surface area (Å²) in [6, 6.07) is 15.7. The SMILES string of the molecule is COc1ccc(-n2nnnc2SCC(=O)C=C2N(C)c3ccccc3C2(C)C)cc1. The van der Waals surface area contributed by atoms with E-state index in [0.717, 1.165) is 22.8 Å². The molecule has 1 aliphatic rings. The van der Waals surface area contributed by atoms with Gasteiger partial charge in [-0.3, -0.25) is 4.79 Å². The Bertz CT molecular complexity index is 1100. The van der Waals surface area contributed by atoms with Gasteiger partial charge in [0.25, 0.3) is 0 Å². The molecule has 1 aromatic heterocycles. The number of para-hydroxylation sites is 1. The molecule has 0 aliphatic carbocycles. The first-order valence-electron chi connectivity index (χ1n) is 9.55. The van der Waals surface area contributed by atoms with E-state index in [9.17, 15) is 4.79 Å². The number of likely N-dealkylation sites (N-methyl/N-ethyl adjacent to an activating group) is 1. The van der Waals surface area contributed by atoms with E-state index < -0.39 is 0 Å². The smallest absolute Gasteiger partial charge is 0.214 e. The molecule has 0 N–H and O–H groups in total. The number of anilines is 1. The largest absolute Gasteiger partial charge is 0.497 e. The Kier molecular flexibility index (Phi) is 5.34.